The highest BCUT2D eigenvalue weighted by atomic mass is 19.1. The quantitative estimate of drug-likeness (QED) is 0.670. The third-order valence-corrected chi connectivity index (χ3v) is 3.85. The van der Waals surface area contributed by atoms with Crippen LogP contribution in [0.2, 0.25) is 0 Å². The lowest BCUT2D eigenvalue weighted by atomic mass is 10.1. The highest BCUT2D eigenvalue weighted by molar-refractivity contribution is 5.85. The first kappa shape index (κ1) is 10.8. The molecule has 94 valence electrons. The zero-order valence-corrected chi connectivity index (χ0v) is 10.5. The fourth-order valence-corrected chi connectivity index (χ4v) is 2.61. The van der Waals surface area contributed by atoms with Gasteiger partial charge in [-0.2, -0.15) is 0 Å². The van der Waals surface area contributed by atoms with Crippen molar-refractivity contribution in [1.29, 1.82) is 0 Å². The van der Waals surface area contributed by atoms with Crippen LogP contribution in [0.15, 0.2) is 48.5 Å². The number of rotatable bonds is 2. The molecule has 4 rings (SSSR count). The molecule has 1 N–H and O–H groups in total. The maximum Gasteiger partial charge on any atom is 0.123 e. The van der Waals surface area contributed by atoms with Crippen LogP contribution in [0.25, 0.3) is 22.2 Å². The molecule has 1 heterocycles. The van der Waals surface area contributed by atoms with Crippen LogP contribution in [-0.2, 0) is 0 Å². The number of H-pyrrole nitrogens is 1. The minimum Gasteiger partial charge on any atom is -0.355 e. The molecule has 19 heavy (non-hydrogen) atoms. The lowest BCUT2D eigenvalue weighted by Gasteiger charge is -2.00. The van der Waals surface area contributed by atoms with Gasteiger partial charge in [-0.05, 0) is 54.2 Å². The molecule has 1 fully saturated rings. The fraction of sp³-hybridized carbons (Fsp3) is 0.176. The largest absolute Gasteiger partial charge is 0.355 e. The van der Waals surface area contributed by atoms with Crippen LogP contribution in [0.1, 0.15) is 24.3 Å². The molecule has 0 bridgehead atoms. The van der Waals surface area contributed by atoms with Gasteiger partial charge in [0.05, 0.1) is 0 Å². The highest BCUT2D eigenvalue weighted by Crippen LogP contribution is 2.40. The van der Waals surface area contributed by atoms with E-state index in [2.05, 4.69) is 29.2 Å². The number of nitrogens with one attached hydrogen (secondary N) is 1. The smallest absolute Gasteiger partial charge is 0.123 e. The molecule has 1 aliphatic carbocycles. The summed E-state index contributed by atoms with van der Waals surface area (Å²) in [7, 11) is 0. The molecule has 1 saturated carbocycles. The Morgan fingerprint density at radius 2 is 1.74 bits per heavy atom. The molecule has 0 aliphatic heterocycles. The van der Waals surface area contributed by atoms with Gasteiger partial charge in [0.2, 0.25) is 0 Å². The van der Waals surface area contributed by atoms with E-state index in [1.807, 2.05) is 6.07 Å². The minimum atomic E-state index is -0.192. The van der Waals surface area contributed by atoms with Crippen molar-refractivity contribution < 1.29 is 4.39 Å². The number of halogens is 1. The van der Waals surface area contributed by atoms with Crippen molar-refractivity contribution in [3.05, 3.63) is 59.9 Å². The predicted octanol–water partition coefficient (Wildman–Crippen LogP) is 4.85. The minimum absolute atomic E-state index is 0.192. The lowest BCUT2D eigenvalue weighted by molar-refractivity contribution is 0.630. The molecular weight excluding hydrogens is 237 g/mol. The Bertz CT molecular complexity index is 736. The van der Waals surface area contributed by atoms with Crippen LogP contribution in [0, 0.1) is 5.82 Å². The molecule has 0 saturated heterocycles. The standard InChI is InChI=1S/C17H14FN/c18-15-7-8-16-14(9-15)10-17(19-16)13-5-3-12(4-6-13)11-1-2-11/h3-11,19H,1-2H2. The molecule has 1 aromatic heterocycles. The van der Waals surface area contributed by atoms with Crippen molar-refractivity contribution in [1.82, 2.24) is 4.98 Å². The van der Waals surface area contributed by atoms with E-state index < -0.39 is 0 Å². The van der Waals surface area contributed by atoms with E-state index in [4.69, 9.17) is 0 Å². The average Bonchev–Trinajstić information content (AvgIpc) is 3.19. The Labute approximate surface area is 111 Å². The highest BCUT2D eigenvalue weighted by Gasteiger charge is 2.23. The summed E-state index contributed by atoms with van der Waals surface area (Å²) in [6.07, 6.45) is 2.65. The van der Waals surface area contributed by atoms with E-state index in [9.17, 15) is 4.39 Å². The Hall–Kier alpha value is -2.09. The van der Waals surface area contributed by atoms with Crippen molar-refractivity contribution in [2.45, 2.75) is 18.8 Å². The first-order chi connectivity index (χ1) is 9.29. The monoisotopic (exact) mass is 251 g/mol. The number of hydrogen-bond donors (Lipinski definition) is 1. The van der Waals surface area contributed by atoms with E-state index in [0.717, 1.165) is 28.1 Å². The Balaban J connectivity index is 1.76. The molecule has 2 heteroatoms. The van der Waals surface area contributed by atoms with Gasteiger partial charge in [0, 0.05) is 16.6 Å². The average molecular weight is 251 g/mol. The van der Waals surface area contributed by atoms with E-state index in [0.29, 0.717) is 0 Å². The van der Waals surface area contributed by atoms with Gasteiger partial charge in [0.15, 0.2) is 0 Å². The van der Waals surface area contributed by atoms with Gasteiger partial charge in [-0.15, -0.1) is 0 Å². The van der Waals surface area contributed by atoms with Gasteiger partial charge < -0.3 is 4.98 Å². The lowest BCUT2D eigenvalue weighted by Crippen LogP contribution is -1.80. The summed E-state index contributed by atoms with van der Waals surface area (Å²) in [5.41, 5.74) is 4.61. The predicted molar refractivity (Wildman–Crippen MR) is 75.7 cm³/mol. The molecule has 0 unspecified atom stereocenters. The first-order valence-electron chi connectivity index (χ1n) is 6.68. The van der Waals surface area contributed by atoms with Crippen LogP contribution in [0.3, 0.4) is 0 Å². The molecular formula is C17H14FN. The van der Waals surface area contributed by atoms with Crippen molar-refractivity contribution in [2.24, 2.45) is 0 Å². The number of aromatic nitrogens is 1. The number of hydrogen-bond acceptors (Lipinski definition) is 0. The van der Waals surface area contributed by atoms with E-state index >= 15 is 0 Å². The van der Waals surface area contributed by atoms with E-state index in [1.165, 1.54) is 24.5 Å². The Kier molecular flexibility index (Phi) is 2.25. The molecule has 3 aromatic rings. The van der Waals surface area contributed by atoms with Crippen LogP contribution < -0.4 is 0 Å². The first-order valence-corrected chi connectivity index (χ1v) is 6.68. The van der Waals surface area contributed by atoms with Gasteiger partial charge >= 0.3 is 0 Å². The zero-order chi connectivity index (χ0) is 12.8. The number of fused-ring (bicyclic) bond motifs is 1. The normalized spacial score (nSPS) is 15.0. The van der Waals surface area contributed by atoms with Gasteiger partial charge in [0.25, 0.3) is 0 Å². The van der Waals surface area contributed by atoms with Crippen molar-refractivity contribution in [2.75, 3.05) is 0 Å². The topological polar surface area (TPSA) is 15.8 Å². The molecule has 2 aromatic carbocycles. The Morgan fingerprint density at radius 1 is 0.947 bits per heavy atom. The summed E-state index contributed by atoms with van der Waals surface area (Å²) in [6, 6.07) is 15.5. The van der Waals surface area contributed by atoms with Crippen LogP contribution in [0.5, 0.6) is 0 Å². The summed E-state index contributed by atoms with van der Waals surface area (Å²) in [5, 5.41) is 0.918. The van der Waals surface area contributed by atoms with Gasteiger partial charge in [-0.3, -0.25) is 0 Å². The van der Waals surface area contributed by atoms with Crippen molar-refractivity contribution in [3.8, 4) is 11.3 Å². The molecule has 0 atom stereocenters. The summed E-state index contributed by atoms with van der Waals surface area (Å²) in [6.45, 7) is 0. The second kappa shape index (κ2) is 3.95. The SMILES string of the molecule is Fc1ccc2[nH]c(-c3ccc(C4CC4)cc3)cc2c1. The van der Waals surface area contributed by atoms with Crippen molar-refractivity contribution in [3.63, 3.8) is 0 Å². The molecule has 1 aliphatic rings. The van der Waals surface area contributed by atoms with Crippen LogP contribution in [-0.4, -0.2) is 4.98 Å². The van der Waals surface area contributed by atoms with Crippen molar-refractivity contribution >= 4 is 10.9 Å². The van der Waals surface area contributed by atoms with Crippen LogP contribution in [0.4, 0.5) is 4.39 Å². The molecule has 0 spiro atoms. The van der Waals surface area contributed by atoms with Crippen LogP contribution >= 0.6 is 0 Å². The summed E-state index contributed by atoms with van der Waals surface area (Å²) >= 11 is 0. The molecule has 0 radical (unpaired) electrons. The van der Waals surface area contributed by atoms with Gasteiger partial charge in [-0.25, -0.2) is 4.39 Å². The second-order valence-electron chi connectivity index (χ2n) is 5.31. The van der Waals surface area contributed by atoms with E-state index in [-0.39, 0.29) is 5.82 Å². The number of benzene rings is 2. The maximum absolute atomic E-state index is 13.2. The van der Waals surface area contributed by atoms with E-state index in [1.54, 1.807) is 12.1 Å². The number of aromatic amines is 1. The second-order valence-corrected chi connectivity index (χ2v) is 5.31. The Morgan fingerprint density at radius 3 is 2.47 bits per heavy atom. The summed E-state index contributed by atoms with van der Waals surface area (Å²) < 4.78 is 13.2. The van der Waals surface area contributed by atoms with Gasteiger partial charge in [0.1, 0.15) is 5.82 Å². The third kappa shape index (κ3) is 1.93. The maximum atomic E-state index is 13.2. The van der Waals surface area contributed by atoms with Gasteiger partial charge in [-0.1, -0.05) is 24.3 Å². The fourth-order valence-electron chi connectivity index (χ4n) is 2.61. The molecule has 0 amide bonds. The molecule has 1 nitrogen and oxygen atoms in total. The zero-order valence-electron chi connectivity index (χ0n) is 10.5. The third-order valence-electron chi connectivity index (χ3n) is 3.85. The summed E-state index contributed by atoms with van der Waals surface area (Å²) in [4.78, 5) is 3.34. The summed E-state index contributed by atoms with van der Waals surface area (Å²) in [5.74, 6) is 0.591.